The molecule has 4 rings (SSSR count). The molecule has 0 amide bonds. The molecule has 0 bridgehead atoms. The van der Waals surface area contributed by atoms with Crippen molar-refractivity contribution in [3.8, 4) is 6.07 Å². The van der Waals surface area contributed by atoms with Gasteiger partial charge in [-0.25, -0.2) is 19.3 Å². The lowest BCUT2D eigenvalue weighted by atomic mass is 9.88. The van der Waals surface area contributed by atoms with Crippen LogP contribution in [0.25, 0.3) is 0 Å². The summed E-state index contributed by atoms with van der Waals surface area (Å²) in [7, 11) is 7.59. The topological polar surface area (TPSA) is 144 Å². The molecule has 45 heavy (non-hydrogen) atoms. The highest BCUT2D eigenvalue weighted by molar-refractivity contribution is 5.93. The van der Waals surface area contributed by atoms with E-state index in [1.807, 2.05) is 0 Å². The first-order valence-electron chi connectivity index (χ1n) is 14.0. The fraction of sp³-hybridized carbons (Fsp3) is 0.387. The summed E-state index contributed by atoms with van der Waals surface area (Å²) in [6, 6.07) is 10.8. The number of ether oxygens (including phenoxy) is 1. The van der Waals surface area contributed by atoms with E-state index in [0.717, 1.165) is 48.0 Å². The van der Waals surface area contributed by atoms with Crippen molar-refractivity contribution in [1.82, 2.24) is 14.8 Å². The van der Waals surface area contributed by atoms with Crippen LogP contribution in [0.15, 0.2) is 58.5 Å². The average molecular weight is 629 g/mol. The van der Waals surface area contributed by atoms with Gasteiger partial charge in [0.05, 0.1) is 57.6 Å². The molecule has 3 aromatic rings. The zero-order valence-corrected chi connectivity index (χ0v) is 25.6. The number of nitriles is 1. The molecule has 0 aliphatic carbocycles. The second-order valence-electron chi connectivity index (χ2n) is 11.4. The lowest BCUT2D eigenvalue weighted by Gasteiger charge is -2.36. The number of hydrogen-bond acceptors (Lipinski definition) is 8. The van der Waals surface area contributed by atoms with E-state index in [1.165, 1.54) is 28.7 Å². The first-order chi connectivity index (χ1) is 21.2. The van der Waals surface area contributed by atoms with Crippen LogP contribution in [0.5, 0.6) is 0 Å². The zero-order chi connectivity index (χ0) is 33.5. The number of allylic oxidation sites excluding steroid dienone is 1. The van der Waals surface area contributed by atoms with E-state index in [4.69, 9.17) is 14.6 Å². The molecular weight excluding hydrogens is 593 g/mol. The fourth-order valence-corrected chi connectivity index (χ4v) is 5.32. The molecule has 0 saturated carbocycles. The number of carbonyl (C=O) groups is 2. The number of esters is 1. The third-order valence-electron chi connectivity index (χ3n) is 7.32. The molecule has 0 fully saturated rings. The van der Waals surface area contributed by atoms with Gasteiger partial charge in [-0.05, 0) is 74.1 Å². The van der Waals surface area contributed by atoms with Crippen LogP contribution in [0.1, 0.15) is 54.5 Å². The highest BCUT2D eigenvalue weighted by atomic mass is 19.4. The molecule has 0 spiro atoms. The standard InChI is InChI=1S/C30H33F3N6O3.CH2O2/c1-19-25(27(40)42-5)26(24-14-13-20(18-34)16-21(24)10-7-6-8-15-39(2,3)4)38-28(35-36-29(38)41)37(19)23-12-9-11-22(17-23)30(31,32)33;2-1-3/h9,11-14,16-17,26H,6-8,10,15H2,1-5H3;1H,(H,2,3). The number of alkyl halides is 3. The molecule has 1 aliphatic heterocycles. The van der Waals surface area contributed by atoms with Crippen molar-refractivity contribution in [1.29, 1.82) is 5.26 Å². The quantitative estimate of drug-likeness (QED) is 0.164. The fourth-order valence-electron chi connectivity index (χ4n) is 5.32. The molecule has 0 radical (unpaired) electrons. The largest absolute Gasteiger partial charge is 0.554 e. The Balaban J connectivity index is 0.00000177. The van der Waals surface area contributed by atoms with Gasteiger partial charge in [0, 0.05) is 17.9 Å². The lowest BCUT2D eigenvalue weighted by Crippen LogP contribution is -2.38. The maximum Gasteiger partial charge on any atom is 0.416 e. The van der Waals surface area contributed by atoms with Gasteiger partial charge >= 0.3 is 17.8 Å². The summed E-state index contributed by atoms with van der Waals surface area (Å²) in [6.07, 6.45) is -1.26. The Hall–Kier alpha value is -4.90. The summed E-state index contributed by atoms with van der Waals surface area (Å²) in [6.45, 7) is 2.08. The number of rotatable bonds is 9. The molecule has 1 unspecified atom stereocenters. The molecule has 2 heterocycles. The first kappa shape index (κ1) is 34.6. The van der Waals surface area contributed by atoms with Crippen molar-refractivity contribution >= 4 is 24.1 Å². The Morgan fingerprint density at radius 1 is 1.18 bits per heavy atom. The Labute approximate surface area is 258 Å². The number of fused-ring (bicyclic) bond motifs is 1. The van der Waals surface area contributed by atoms with Gasteiger partial charge in [-0.1, -0.05) is 12.1 Å². The average Bonchev–Trinajstić information content (AvgIpc) is 3.36. The van der Waals surface area contributed by atoms with Crippen molar-refractivity contribution in [3.63, 3.8) is 0 Å². The van der Waals surface area contributed by atoms with Gasteiger partial charge in [0.2, 0.25) is 5.95 Å². The van der Waals surface area contributed by atoms with Gasteiger partial charge in [0.25, 0.3) is 0 Å². The number of aromatic amines is 1. The van der Waals surface area contributed by atoms with Gasteiger partial charge in [0.15, 0.2) is 0 Å². The van der Waals surface area contributed by atoms with E-state index in [1.54, 1.807) is 25.1 Å². The van der Waals surface area contributed by atoms with Crippen molar-refractivity contribution in [2.45, 2.75) is 44.8 Å². The highest BCUT2D eigenvalue weighted by Gasteiger charge is 2.41. The number of anilines is 2. The predicted octanol–water partition coefficient (Wildman–Crippen LogP) is 3.44. The maximum atomic E-state index is 13.6. The van der Waals surface area contributed by atoms with Crippen LogP contribution in [-0.2, 0) is 26.9 Å². The second kappa shape index (κ2) is 14.3. The van der Waals surface area contributed by atoms with Crippen molar-refractivity contribution in [2.75, 3.05) is 39.7 Å². The molecule has 1 atom stereocenters. The number of hydrogen-bond donors (Lipinski definition) is 1. The Kier molecular flexibility index (Phi) is 11.0. The van der Waals surface area contributed by atoms with Crippen molar-refractivity contribution < 1.29 is 37.1 Å². The van der Waals surface area contributed by atoms with E-state index in [-0.39, 0.29) is 22.9 Å². The summed E-state index contributed by atoms with van der Waals surface area (Å²) in [4.78, 5) is 36.2. The normalized spacial score (nSPS) is 14.6. The highest BCUT2D eigenvalue weighted by Crippen LogP contribution is 2.43. The number of carbonyl (C=O) groups excluding carboxylic acids is 2. The number of unbranched alkanes of at least 4 members (excludes halogenated alkanes) is 2. The minimum absolute atomic E-state index is 0.0210. The van der Waals surface area contributed by atoms with Crippen LogP contribution in [-0.4, -0.2) is 66.5 Å². The summed E-state index contributed by atoms with van der Waals surface area (Å²) in [5, 5.41) is 24.4. The monoisotopic (exact) mass is 628 g/mol. The van der Waals surface area contributed by atoms with Crippen LogP contribution in [0, 0.1) is 11.3 Å². The molecule has 1 aliphatic rings. The van der Waals surface area contributed by atoms with Crippen LogP contribution in [0.2, 0.25) is 0 Å². The lowest BCUT2D eigenvalue weighted by molar-refractivity contribution is -0.870. The Bertz CT molecular complexity index is 1660. The summed E-state index contributed by atoms with van der Waals surface area (Å²) in [5.41, 5.74) is 0.677. The number of aryl methyl sites for hydroxylation is 1. The molecule has 2 aromatic carbocycles. The van der Waals surface area contributed by atoms with Crippen molar-refractivity contribution in [2.24, 2.45) is 0 Å². The smallest absolute Gasteiger partial charge is 0.416 e. The number of halogens is 3. The number of nitrogens with one attached hydrogen (secondary N) is 1. The summed E-state index contributed by atoms with van der Waals surface area (Å²) in [5.74, 6) is -0.723. The minimum atomic E-state index is -4.61. The number of aromatic nitrogens is 3. The van der Waals surface area contributed by atoms with E-state index < -0.39 is 35.9 Å². The number of benzene rings is 2. The number of quaternary nitrogens is 1. The number of H-pyrrole nitrogens is 1. The van der Waals surface area contributed by atoms with Gasteiger partial charge in [-0.2, -0.15) is 18.4 Å². The number of methoxy groups -OCH3 is 1. The first-order valence-corrected chi connectivity index (χ1v) is 14.0. The summed E-state index contributed by atoms with van der Waals surface area (Å²) < 4.78 is 48.0. The third-order valence-corrected chi connectivity index (χ3v) is 7.32. The third kappa shape index (κ3) is 7.98. The zero-order valence-electron chi connectivity index (χ0n) is 25.6. The van der Waals surface area contributed by atoms with Gasteiger partial charge in [-0.3, -0.25) is 4.90 Å². The van der Waals surface area contributed by atoms with Gasteiger partial charge in [-0.15, -0.1) is 5.10 Å². The second-order valence-corrected chi connectivity index (χ2v) is 11.4. The van der Waals surface area contributed by atoms with Crippen LogP contribution < -0.4 is 15.7 Å². The van der Waals surface area contributed by atoms with Gasteiger partial charge < -0.3 is 19.1 Å². The molecule has 240 valence electrons. The maximum absolute atomic E-state index is 13.6. The summed E-state index contributed by atoms with van der Waals surface area (Å²) >= 11 is 0. The number of nitrogens with zero attached hydrogens (tertiary/aromatic N) is 5. The Morgan fingerprint density at radius 3 is 2.47 bits per heavy atom. The van der Waals surface area contributed by atoms with Gasteiger partial charge in [0.1, 0.15) is 6.04 Å². The molecule has 11 nitrogen and oxygen atoms in total. The molecule has 14 heteroatoms. The van der Waals surface area contributed by atoms with Crippen LogP contribution >= 0.6 is 0 Å². The van der Waals surface area contributed by atoms with E-state index >= 15 is 0 Å². The molecule has 1 N–H and O–H groups in total. The van der Waals surface area contributed by atoms with E-state index in [9.17, 15) is 28.0 Å². The van der Waals surface area contributed by atoms with Crippen molar-refractivity contribution in [3.05, 3.63) is 86.5 Å². The van der Waals surface area contributed by atoms with E-state index in [2.05, 4.69) is 37.4 Å². The predicted molar refractivity (Wildman–Crippen MR) is 157 cm³/mol. The molecular formula is C31H35F3N6O5. The molecule has 0 saturated heterocycles. The molecule has 1 aromatic heterocycles. The SMILES string of the molecule is COC(=O)C1=C(C)N(c2cccc(C(F)(F)F)c2)c2n[nH]c(=O)n2C1c1ccc(C#N)cc1CCCCC[N+](C)(C)C.O=C[O-]. The van der Waals surface area contributed by atoms with E-state index in [0.29, 0.717) is 17.5 Å². The Morgan fingerprint density at radius 2 is 1.87 bits per heavy atom. The van der Waals surface area contributed by atoms with Crippen LogP contribution in [0.3, 0.4) is 0 Å². The van der Waals surface area contributed by atoms with Crippen LogP contribution in [0.4, 0.5) is 24.8 Å². The minimum Gasteiger partial charge on any atom is -0.554 e. The number of carboxylic acid groups (broad SMARTS) is 1.